The van der Waals surface area contributed by atoms with Crippen LogP contribution in [-0.2, 0) is 0 Å². The third-order valence-corrected chi connectivity index (χ3v) is 5.32. The summed E-state index contributed by atoms with van der Waals surface area (Å²) >= 11 is 1.62. The van der Waals surface area contributed by atoms with E-state index in [9.17, 15) is 4.79 Å². The zero-order chi connectivity index (χ0) is 16.3. The smallest absolute Gasteiger partial charge is 0.211 e. The third kappa shape index (κ3) is 3.12. The first-order valence-corrected chi connectivity index (χ1v) is 8.79. The topological polar surface area (TPSA) is 29.5 Å². The van der Waals surface area contributed by atoms with E-state index in [0.29, 0.717) is 12.1 Å². The molecule has 0 unspecified atom stereocenters. The van der Waals surface area contributed by atoms with E-state index in [2.05, 4.69) is 32.6 Å². The summed E-state index contributed by atoms with van der Waals surface area (Å²) in [5.41, 5.74) is 0.919. The summed E-state index contributed by atoms with van der Waals surface area (Å²) in [6.45, 7) is 8.70. The Labute approximate surface area is 136 Å². The number of methoxy groups -OCH3 is 1. The highest BCUT2D eigenvalue weighted by Crippen LogP contribution is 2.27. The van der Waals surface area contributed by atoms with Crippen molar-refractivity contribution in [2.75, 3.05) is 12.0 Å². The second-order valence-corrected chi connectivity index (χ2v) is 6.65. The van der Waals surface area contributed by atoms with Gasteiger partial charge in [-0.15, -0.1) is 11.3 Å². The first-order chi connectivity index (χ1) is 10.5. The van der Waals surface area contributed by atoms with Crippen LogP contribution in [0.3, 0.4) is 0 Å². The van der Waals surface area contributed by atoms with E-state index in [1.165, 1.54) is 0 Å². The Balaban J connectivity index is 2.62. The number of benzene rings is 1. The average molecular weight is 319 g/mol. The number of hydrogen-bond donors (Lipinski definition) is 0. The standard InChI is InChI=1S/C18H25NO2S/c1-6-12(3)19(13(4)7-2)16-11-22-17-9-8-14(21-5)10-15(17)18(16)20/h8-13H,6-7H2,1-5H3/t12-,13-/m0/s1. The first-order valence-electron chi connectivity index (χ1n) is 7.91. The molecule has 0 bridgehead atoms. The van der Waals surface area contributed by atoms with Crippen LogP contribution in [0, 0.1) is 0 Å². The van der Waals surface area contributed by atoms with Gasteiger partial charge in [0.1, 0.15) is 5.75 Å². The zero-order valence-electron chi connectivity index (χ0n) is 14.1. The van der Waals surface area contributed by atoms with Gasteiger partial charge in [-0.25, -0.2) is 0 Å². The molecule has 0 N–H and O–H groups in total. The van der Waals surface area contributed by atoms with Gasteiger partial charge in [0.2, 0.25) is 5.43 Å². The Hall–Kier alpha value is -1.55. The number of anilines is 1. The minimum atomic E-state index is 0.105. The predicted molar refractivity (Wildman–Crippen MR) is 96.6 cm³/mol. The van der Waals surface area contributed by atoms with Gasteiger partial charge in [0, 0.05) is 27.5 Å². The molecule has 0 saturated heterocycles. The van der Waals surface area contributed by atoms with Crippen molar-refractivity contribution in [3.05, 3.63) is 33.8 Å². The lowest BCUT2D eigenvalue weighted by molar-refractivity contribution is 0.415. The lowest BCUT2D eigenvalue weighted by atomic mass is 10.1. The van der Waals surface area contributed by atoms with Gasteiger partial charge in [0.15, 0.2) is 0 Å². The highest BCUT2D eigenvalue weighted by atomic mass is 32.1. The van der Waals surface area contributed by atoms with Crippen molar-refractivity contribution in [1.29, 1.82) is 0 Å². The van der Waals surface area contributed by atoms with Crippen LogP contribution < -0.4 is 15.1 Å². The summed E-state index contributed by atoms with van der Waals surface area (Å²) in [4.78, 5) is 15.3. The maximum atomic E-state index is 13.0. The van der Waals surface area contributed by atoms with E-state index in [1.54, 1.807) is 18.4 Å². The van der Waals surface area contributed by atoms with Crippen LogP contribution in [0.25, 0.3) is 10.1 Å². The van der Waals surface area contributed by atoms with Crippen molar-refractivity contribution in [1.82, 2.24) is 0 Å². The maximum absolute atomic E-state index is 13.0. The highest BCUT2D eigenvalue weighted by Gasteiger charge is 2.21. The fourth-order valence-electron chi connectivity index (χ4n) is 2.71. The summed E-state index contributed by atoms with van der Waals surface area (Å²) in [5.74, 6) is 0.729. The van der Waals surface area contributed by atoms with Crippen LogP contribution in [-0.4, -0.2) is 19.2 Å². The van der Waals surface area contributed by atoms with Crippen molar-refractivity contribution >= 4 is 27.1 Å². The quantitative estimate of drug-likeness (QED) is 0.774. The molecular formula is C18H25NO2S. The molecule has 1 aromatic carbocycles. The molecule has 0 amide bonds. The minimum Gasteiger partial charge on any atom is -0.497 e. The van der Waals surface area contributed by atoms with Crippen molar-refractivity contribution in [2.24, 2.45) is 0 Å². The first kappa shape index (κ1) is 16.8. The molecule has 1 heterocycles. The van der Waals surface area contributed by atoms with Crippen molar-refractivity contribution < 1.29 is 4.74 Å². The summed E-state index contributed by atoms with van der Waals surface area (Å²) in [6, 6.07) is 6.40. The molecule has 0 aliphatic rings. The molecule has 2 aromatic rings. The van der Waals surface area contributed by atoms with Gasteiger partial charge in [0.05, 0.1) is 12.8 Å². The summed E-state index contributed by atoms with van der Waals surface area (Å²) in [7, 11) is 1.63. The molecule has 0 aliphatic heterocycles. The van der Waals surface area contributed by atoms with Crippen LogP contribution in [0.5, 0.6) is 5.75 Å². The largest absolute Gasteiger partial charge is 0.497 e. The Kier molecular flexibility index (Phi) is 5.46. The molecule has 0 aliphatic carbocycles. The summed E-state index contributed by atoms with van der Waals surface area (Å²) in [5, 5.41) is 2.76. The van der Waals surface area contributed by atoms with Crippen molar-refractivity contribution in [3.8, 4) is 5.75 Å². The second kappa shape index (κ2) is 7.14. The Morgan fingerprint density at radius 3 is 2.36 bits per heavy atom. The van der Waals surface area contributed by atoms with Crippen LogP contribution in [0.4, 0.5) is 5.69 Å². The number of fused-ring (bicyclic) bond motifs is 1. The van der Waals surface area contributed by atoms with Gasteiger partial charge in [-0.3, -0.25) is 4.79 Å². The van der Waals surface area contributed by atoms with E-state index in [4.69, 9.17) is 4.74 Å². The maximum Gasteiger partial charge on any atom is 0.211 e. The predicted octanol–water partition coefficient (Wildman–Crippen LogP) is 4.67. The van der Waals surface area contributed by atoms with Gasteiger partial charge in [0.25, 0.3) is 0 Å². The average Bonchev–Trinajstić information content (AvgIpc) is 2.56. The van der Waals surface area contributed by atoms with Gasteiger partial charge < -0.3 is 9.64 Å². The van der Waals surface area contributed by atoms with E-state index < -0.39 is 0 Å². The fourth-order valence-corrected chi connectivity index (χ4v) is 3.60. The van der Waals surface area contributed by atoms with E-state index >= 15 is 0 Å². The molecule has 0 spiro atoms. The molecule has 2 atom stereocenters. The monoisotopic (exact) mass is 319 g/mol. The molecule has 0 fully saturated rings. The van der Waals surface area contributed by atoms with E-state index in [0.717, 1.165) is 34.4 Å². The number of hydrogen-bond acceptors (Lipinski definition) is 4. The SMILES string of the molecule is CC[C@H](C)N(c1csc2ccc(OC)cc2c1=O)[C@@H](C)CC. The molecule has 2 rings (SSSR count). The molecular weight excluding hydrogens is 294 g/mol. The van der Waals surface area contributed by atoms with Crippen LogP contribution in [0.15, 0.2) is 28.4 Å². The van der Waals surface area contributed by atoms with Gasteiger partial charge in [-0.1, -0.05) is 13.8 Å². The molecule has 4 heteroatoms. The minimum absolute atomic E-state index is 0.105. The molecule has 0 radical (unpaired) electrons. The molecule has 0 saturated carbocycles. The van der Waals surface area contributed by atoms with Crippen molar-refractivity contribution in [3.63, 3.8) is 0 Å². The van der Waals surface area contributed by atoms with Crippen molar-refractivity contribution in [2.45, 2.75) is 52.6 Å². The Morgan fingerprint density at radius 1 is 1.18 bits per heavy atom. The van der Waals surface area contributed by atoms with E-state index in [-0.39, 0.29) is 5.43 Å². The second-order valence-electron chi connectivity index (χ2n) is 5.73. The Morgan fingerprint density at radius 2 is 1.82 bits per heavy atom. The molecule has 120 valence electrons. The number of ether oxygens (including phenoxy) is 1. The van der Waals surface area contributed by atoms with Gasteiger partial charge in [-0.05, 0) is 44.9 Å². The van der Waals surface area contributed by atoms with Crippen LogP contribution in [0.1, 0.15) is 40.5 Å². The van der Waals surface area contributed by atoms with Crippen LogP contribution >= 0.6 is 11.3 Å². The Bertz CT molecular complexity index is 685. The summed E-state index contributed by atoms with van der Waals surface area (Å²) in [6.07, 6.45) is 2.04. The lowest BCUT2D eigenvalue weighted by Gasteiger charge is -2.35. The molecule has 1 aromatic heterocycles. The third-order valence-electron chi connectivity index (χ3n) is 4.37. The van der Waals surface area contributed by atoms with E-state index in [1.807, 2.05) is 23.6 Å². The van der Waals surface area contributed by atoms with Crippen LogP contribution in [0.2, 0.25) is 0 Å². The lowest BCUT2D eigenvalue weighted by Crippen LogP contribution is -2.42. The highest BCUT2D eigenvalue weighted by molar-refractivity contribution is 7.16. The van der Waals surface area contributed by atoms with Gasteiger partial charge in [-0.2, -0.15) is 0 Å². The van der Waals surface area contributed by atoms with Gasteiger partial charge >= 0.3 is 0 Å². The fraction of sp³-hybridized carbons (Fsp3) is 0.500. The summed E-state index contributed by atoms with van der Waals surface area (Å²) < 4.78 is 6.27. The molecule has 22 heavy (non-hydrogen) atoms. The normalized spacial score (nSPS) is 13.9. The zero-order valence-corrected chi connectivity index (χ0v) is 14.9. The number of nitrogens with zero attached hydrogens (tertiary/aromatic N) is 1. The molecule has 3 nitrogen and oxygen atoms in total. The number of rotatable bonds is 6.